The fraction of sp³-hybridized carbons (Fsp3) is 0.207. The van der Waals surface area contributed by atoms with E-state index in [4.69, 9.17) is 20.6 Å². The first-order valence-corrected chi connectivity index (χ1v) is 14.2. The molecule has 0 aliphatic carbocycles. The van der Waals surface area contributed by atoms with Gasteiger partial charge in [-0.25, -0.2) is 9.79 Å². The van der Waals surface area contributed by atoms with Crippen molar-refractivity contribution < 1.29 is 37.2 Å². The summed E-state index contributed by atoms with van der Waals surface area (Å²) in [7, 11) is -0.684. The lowest BCUT2D eigenvalue weighted by Crippen LogP contribution is -2.37. The number of aromatic hydroxyl groups is 1. The first kappa shape index (κ1) is 30.5. The quantitative estimate of drug-likeness (QED) is 0.242. The second-order valence-electron chi connectivity index (χ2n) is 9.39. The van der Waals surface area contributed by atoms with Crippen LogP contribution in [0.5, 0.6) is 5.88 Å². The van der Waals surface area contributed by atoms with E-state index in [0.29, 0.717) is 22.4 Å². The zero-order chi connectivity index (χ0) is 30.4. The predicted octanol–water partition coefficient (Wildman–Crippen LogP) is 4.34. The number of alkyl halides is 3. The Kier molecular flexibility index (Phi) is 9.43. The normalized spacial score (nSPS) is 14.8. The highest BCUT2D eigenvalue weighted by Gasteiger charge is 2.38. The van der Waals surface area contributed by atoms with Crippen molar-refractivity contribution in [1.82, 2.24) is 9.88 Å². The van der Waals surface area contributed by atoms with Crippen LogP contribution in [0.15, 0.2) is 77.8 Å². The summed E-state index contributed by atoms with van der Waals surface area (Å²) in [4.78, 5) is 30.7. The molecule has 0 spiro atoms. The van der Waals surface area contributed by atoms with Crippen LogP contribution in [-0.2, 0) is 22.1 Å². The Balaban J connectivity index is 0.000000517. The van der Waals surface area contributed by atoms with Crippen LogP contribution in [0, 0.1) is 0 Å². The molecule has 220 valence electrons. The number of nitrogens with one attached hydrogen (secondary N) is 1. The van der Waals surface area contributed by atoms with Crippen molar-refractivity contribution in [2.45, 2.75) is 12.7 Å². The van der Waals surface area contributed by atoms with Crippen molar-refractivity contribution in [2.24, 2.45) is 10.7 Å². The molecule has 1 aliphatic rings. The SMILES string of the molecule is NC(=O)c1ccc2c(C(=Nc3ccc(CN4CCS(=O)CC4)cc3)c3ccccc3)c(O)[nH]c2c1.O=C(O)C(F)(F)F. The molecule has 0 bridgehead atoms. The summed E-state index contributed by atoms with van der Waals surface area (Å²) in [6, 6.07) is 22.8. The number of H-pyrrole nitrogens is 1. The van der Waals surface area contributed by atoms with Crippen LogP contribution in [0.2, 0.25) is 0 Å². The number of primary amides is 1. The lowest BCUT2D eigenvalue weighted by Gasteiger charge is -2.26. The van der Waals surface area contributed by atoms with E-state index in [0.717, 1.165) is 47.8 Å². The van der Waals surface area contributed by atoms with E-state index >= 15 is 0 Å². The Hall–Kier alpha value is -4.49. The molecule has 13 heteroatoms. The maximum absolute atomic E-state index is 11.6. The van der Waals surface area contributed by atoms with Crippen molar-refractivity contribution in [2.75, 3.05) is 24.6 Å². The second-order valence-corrected chi connectivity index (χ2v) is 11.1. The van der Waals surface area contributed by atoms with Crippen molar-refractivity contribution in [1.29, 1.82) is 0 Å². The molecular formula is C29H27F3N4O5S. The standard InChI is InChI=1S/C27H26N4O3S.C2HF3O2/c28-26(32)20-8-11-22-23(16-20)30-27(33)24(22)25(19-4-2-1-3-5-19)29-21-9-6-18(7-10-21)17-31-12-14-35(34)15-13-31;3-2(4,5)1(6)7/h1-11,16,30,33H,12-15,17H2,(H2,28,32);(H,6,7). The maximum Gasteiger partial charge on any atom is 0.490 e. The van der Waals surface area contributed by atoms with Gasteiger partial charge in [-0.05, 0) is 29.8 Å². The van der Waals surface area contributed by atoms with Gasteiger partial charge in [0.1, 0.15) is 0 Å². The van der Waals surface area contributed by atoms with Crippen LogP contribution < -0.4 is 5.73 Å². The van der Waals surface area contributed by atoms with E-state index in [9.17, 15) is 27.3 Å². The molecule has 2 heterocycles. The Bertz CT molecular complexity index is 1630. The molecule has 9 nitrogen and oxygen atoms in total. The number of nitrogens with zero attached hydrogens (tertiary/aromatic N) is 2. The van der Waals surface area contributed by atoms with E-state index in [1.165, 1.54) is 5.56 Å². The summed E-state index contributed by atoms with van der Waals surface area (Å²) in [5, 5.41) is 18.7. The zero-order valence-electron chi connectivity index (χ0n) is 22.1. The number of hydrogen-bond donors (Lipinski definition) is 4. The third kappa shape index (κ3) is 7.62. The number of amides is 1. The molecule has 5 rings (SSSR count). The van der Waals surface area contributed by atoms with Crippen molar-refractivity contribution in [3.05, 3.63) is 95.1 Å². The first-order chi connectivity index (χ1) is 19.9. The third-order valence-corrected chi connectivity index (χ3v) is 7.72. The molecule has 0 radical (unpaired) electrons. The van der Waals surface area contributed by atoms with Crippen LogP contribution in [-0.4, -0.2) is 72.7 Å². The molecule has 4 aromatic rings. The Morgan fingerprint density at radius 1 is 0.976 bits per heavy atom. The van der Waals surface area contributed by atoms with E-state index in [1.54, 1.807) is 18.2 Å². The number of aliphatic carboxylic acids is 1. The number of hydrogen-bond acceptors (Lipinski definition) is 6. The average Bonchev–Trinajstić information content (AvgIpc) is 3.28. The molecule has 0 atom stereocenters. The highest BCUT2D eigenvalue weighted by atomic mass is 32.2. The van der Waals surface area contributed by atoms with Gasteiger partial charge >= 0.3 is 12.1 Å². The van der Waals surface area contributed by atoms with Crippen molar-refractivity contribution >= 4 is 45.0 Å². The fourth-order valence-electron chi connectivity index (χ4n) is 4.33. The molecule has 5 N–H and O–H groups in total. The molecule has 0 saturated carbocycles. The van der Waals surface area contributed by atoms with Gasteiger partial charge in [-0.1, -0.05) is 48.5 Å². The number of aliphatic imine (C=N–C) groups is 1. The summed E-state index contributed by atoms with van der Waals surface area (Å²) >= 11 is 0. The maximum atomic E-state index is 11.6. The van der Waals surface area contributed by atoms with Gasteiger partial charge in [0.15, 0.2) is 5.88 Å². The van der Waals surface area contributed by atoms with E-state index in [1.807, 2.05) is 42.5 Å². The molecule has 1 amide bonds. The van der Waals surface area contributed by atoms with Crippen LogP contribution in [0.1, 0.15) is 27.0 Å². The minimum absolute atomic E-state index is 0.0247. The molecule has 1 fully saturated rings. The molecular weight excluding hydrogens is 573 g/mol. The van der Waals surface area contributed by atoms with Gasteiger partial charge < -0.3 is 20.9 Å². The molecule has 42 heavy (non-hydrogen) atoms. The molecule has 1 saturated heterocycles. The highest BCUT2D eigenvalue weighted by molar-refractivity contribution is 7.85. The number of carboxylic acids is 1. The van der Waals surface area contributed by atoms with E-state index in [2.05, 4.69) is 22.0 Å². The third-order valence-electron chi connectivity index (χ3n) is 6.44. The van der Waals surface area contributed by atoms with Gasteiger partial charge in [-0.3, -0.25) is 13.9 Å². The Morgan fingerprint density at radius 2 is 1.60 bits per heavy atom. The summed E-state index contributed by atoms with van der Waals surface area (Å²) in [6.07, 6.45) is -5.08. The van der Waals surface area contributed by atoms with Crippen molar-refractivity contribution in [3.8, 4) is 5.88 Å². The summed E-state index contributed by atoms with van der Waals surface area (Å²) in [6.45, 7) is 2.52. The largest absolute Gasteiger partial charge is 0.494 e. The second kappa shape index (κ2) is 13.0. The first-order valence-electron chi connectivity index (χ1n) is 12.7. The topological polar surface area (TPSA) is 149 Å². The number of fused-ring (bicyclic) bond motifs is 1. The van der Waals surface area contributed by atoms with E-state index in [-0.39, 0.29) is 5.88 Å². The average molecular weight is 601 g/mol. The van der Waals surface area contributed by atoms with E-state index < -0.39 is 28.9 Å². The van der Waals surface area contributed by atoms with Crippen LogP contribution in [0.4, 0.5) is 18.9 Å². The number of carbonyl (C=O) groups excluding carboxylic acids is 1. The van der Waals surface area contributed by atoms with Crippen LogP contribution in [0.25, 0.3) is 10.9 Å². The predicted molar refractivity (Wildman–Crippen MR) is 154 cm³/mol. The summed E-state index contributed by atoms with van der Waals surface area (Å²) in [5.74, 6) is -1.84. The number of benzene rings is 3. The zero-order valence-corrected chi connectivity index (χ0v) is 22.9. The Labute approximate surface area is 240 Å². The van der Waals surface area contributed by atoms with Crippen molar-refractivity contribution in [3.63, 3.8) is 0 Å². The number of aromatic amines is 1. The highest BCUT2D eigenvalue weighted by Crippen LogP contribution is 2.32. The van der Waals surface area contributed by atoms with Gasteiger partial charge in [0.25, 0.3) is 0 Å². The lowest BCUT2D eigenvalue weighted by molar-refractivity contribution is -0.192. The summed E-state index contributed by atoms with van der Waals surface area (Å²) in [5.41, 5.74) is 10.4. The van der Waals surface area contributed by atoms with Crippen LogP contribution in [0.3, 0.4) is 0 Å². The minimum Gasteiger partial charge on any atom is -0.494 e. The number of nitrogens with two attached hydrogens (primary N) is 1. The van der Waals surface area contributed by atoms with Gasteiger partial charge in [0.05, 0.1) is 17.0 Å². The van der Waals surface area contributed by atoms with Crippen LogP contribution >= 0.6 is 0 Å². The number of halogens is 3. The van der Waals surface area contributed by atoms with Gasteiger partial charge in [0.2, 0.25) is 5.91 Å². The molecule has 1 aromatic heterocycles. The minimum atomic E-state index is -5.08. The Morgan fingerprint density at radius 3 is 2.17 bits per heavy atom. The van der Waals surface area contributed by atoms with Gasteiger partial charge in [0, 0.05) is 64.0 Å². The molecule has 3 aromatic carbocycles. The molecule has 0 unspecified atom stereocenters. The number of carboxylic acid groups (broad SMARTS) is 1. The fourth-order valence-corrected chi connectivity index (χ4v) is 5.46. The van der Waals surface area contributed by atoms with Gasteiger partial charge in [-0.2, -0.15) is 13.2 Å². The van der Waals surface area contributed by atoms with Gasteiger partial charge in [-0.15, -0.1) is 0 Å². The number of carbonyl (C=O) groups is 2. The monoisotopic (exact) mass is 600 g/mol. The smallest absolute Gasteiger partial charge is 0.490 e. The number of aromatic nitrogens is 1. The summed E-state index contributed by atoms with van der Waals surface area (Å²) < 4.78 is 43.3. The number of rotatable bonds is 6. The molecule has 1 aliphatic heterocycles. The lowest BCUT2D eigenvalue weighted by atomic mass is 10.00.